The van der Waals surface area contributed by atoms with Crippen molar-refractivity contribution in [2.75, 3.05) is 13.1 Å². The minimum Gasteiger partial charge on any atom is -0.333 e. The number of nitrogens with zero attached hydrogens (tertiary/aromatic N) is 1. The first kappa shape index (κ1) is 12.2. The van der Waals surface area contributed by atoms with Crippen molar-refractivity contribution in [1.29, 1.82) is 0 Å². The number of hydrogen-bond acceptors (Lipinski definition) is 3. The smallest absolute Gasteiger partial charge is 0.264 e. The van der Waals surface area contributed by atoms with E-state index in [-0.39, 0.29) is 5.91 Å². The molecule has 1 aromatic rings. The SMILES string of the molecule is O=C(c1cccs1)N1CCCCC1C1CCCN1. The summed E-state index contributed by atoms with van der Waals surface area (Å²) in [4.78, 5) is 15.5. The quantitative estimate of drug-likeness (QED) is 0.890. The highest BCUT2D eigenvalue weighted by Gasteiger charge is 2.34. The van der Waals surface area contributed by atoms with E-state index in [4.69, 9.17) is 0 Å². The fraction of sp³-hybridized carbons (Fsp3) is 0.643. The molecule has 18 heavy (non-hydrogen) atoms. The van der Waals surface area contributed by atoms with Crippen molar-refractivity contribution < 1.29 is 4.79 Å². The van der Waals surface area contributed by atoms with E-state index in [0.29, 0.717) is 12.1 Å². The fourth-order valence-corrected chi connectivity index (χ4v) is 3.89. The molecule has 0 bridgehead atoms. The van der Waals surface area contributed by atoms with E-state index in [1.54, 1.807) is 11.3 Å². The van der Waals surface area contributed by atoms with E-state index < -0.39 is 0 Å². The second kappa shape index (κ2) is 5.41. The number of carbonyl (C=O) groups is 1. The Kier molecular flexibility index (Phi) is 3.66. The van der Waals surface area contributed by atoms with Gasteiger partial charge in [0, 0.05) is 18.6 Å². The summed E-state index contributed by atoms with van der Waals surface area (Å²) in [6.07, 6.45) is 6.05. The Labute approximate surface area is 112 Å². The zero-order valence-electron chi connectivity index (χ0n) is 10.6. The second-order valence-corrected chi connectivity index (χ2v) is 6.19. The van der Waals surface area contributed by atoms with Gasteiger partial charge in [-0.1, -0.05) is 6.07 Å². The predicted molar refractivity (Wildman–Crippen MR) is 74.0 cm³/mol. The average Bonchev–Trinajstić information content (AvgIpc) is 3.11. The second-order valence-electron chi connectivity index (χ2n) is 5.24. The molecule has 2 atom stereocenters. The molecule has 0 aromatic carbocycles. The van der Waals surface area contributed by atoms with Gasteiger partial charge < -0.3 is 10.2 Å². The van der Waals surface area contributed by atoms with E-state index in [0.717, 1.165) is 30.8 Å². The van der Waals surface area contributed by atoms with E-state index in [9.17, 15) is 4.79 Å². The van der Waals surface area contributed by atoms with Crippen LogP contribution in [0.3, 0.4) is 0 Å². The summed E-state index contributed by atoms with van der Waals surface area (Å²) in [5.74, 6) is 0.239. The van der Waals surface area contributed by atoms with Gasteiger partial charge in [0.05, 0.1) is 4.88 Å². The maximum absolute atomic E-state index is 12.5. The molecule has 2 aliphatic heterocycles. The van der Waals surface area contributed by atoms with Gasteiger partial charge in [-0.3, -0.25) is 4.79 Å². The summed E-state index contributed by atoms with van der Waals surface area (Å²) in [5, 5.41) is 5.55. The van der Waals surface area contributed by atoms with Crippen molar-refractivity contribution >= 4 is 17.2 Å². The van der Waals surface area contributed by atoms with Gasteiger partial charge in [-0.15, -0.1) is 11.3 Å². The minimum atomic E-state index is 0.239. The summed E-state index contributed by atoms with van der Waals surface area (Å²) in [7, 11) is 0. The monoisotopic (exact) mass is 264 g/mol. The zero-order chi connectivity index (χ0) is 12.4. The van der Waals surface area contributed by atoms with E-state index in [1.165, 1.54) is 19.3 Å². The molecule has 4 heteroatoms. The number of piperidine rings is 1. The van der Waals surface area contributed by atoms with Gasteiger partial charge in [-0.25, -0.2) is 0 Å². The number of nitrogens with one attached hydrogen (secondary N) is 1. The maximum Gasteiger partial charge on any atom is 0.264 e. The first-order valence-corrected chi connectivity index (χ1v) is 7.82. The van der Waals surface area contributed by atoms with Gasteiger partial charge in [0.15, 0.2) is 0 Å². The third-order valence-electron chi connectivity index (χ3n) is 4.10. The summed E-state index contributed by atoms with van der Waals surface area (Å²) in [5.41, 5.74) is 0. The Morgan fingerprint density at radius 2 is 2.28 bits per heavy atom. The van der Waals surface area contributed by atoms with E-state index in [2.05, 4.69) is 10.2 Å². The Hall–Kier alpha value is -0.870. The van der Waals surface area contributed by atoms with E-state index >= 15 is 0 Å². The lowest BCUT2D eigenvalue weighted by Gasteiger charge is -2.39. The van der Waals surface area contributed by atoms with Crippen LogP contribution in [0.15, 0.2) is 17.5 Å². The van der Waals surface area contributed by atoms with Crippen molar-refractivity contribution in [3.63, 3.8) is 0 Å². The first-order chi connectivity index (χ1) is 8.86. The molecule has 2 unspecified atom stereocenters. The molecular formula is C14H20N2OS. The molecule has 0 aliphatic carbocycles. The third-order valence-corrected chi connectivity index (χ3v) is 4.96. The minimum absolute atomic E-state index is 0.239. The molecule has 3 rings (SSSR count). The summed E-state index contributed by atoms with van der Waals surface area (Å²) >= 11 is 1.56. The highest BCUT2D eigenvalue weighted by atomic mass is 32.1. The van der Waals surface area contributed by atoms with Gasteiger partial charge in [-0.05, 0) is 50.1 Å². The Morgan fingerprint density at radius 3 is 3.00 bits per heavy atom. The van der Waals surface area contributed by atoms with Crippen LogP contribution in [-0.4, -0.2) is 36.0 Å². The third kappa shape index (κ3) is 2.31. The highest BCUT2D eigenvalue weighted by molar-refractivity contribution is 7.12. The average molecular weight is 264 g/mol. The highest BCUT2D eigenvalue weighted by Crippen LogP contribution is 2.26. The van der Waals surface area contributed by atoms with Crippen LogP contribution in [0.4, 0.5) is 0 Å². The molecule has 2 saturated heterocycles. The molecule has 2 aliphatic rings. The molecule has 1 N–H and O–H groups in total. The molecular weight excluding hydrogens is 244 g/mol. The van der Waals surface area contributed by atoms with Crippen LogP contribution < -0.4 is 5.32 Å². The number of hydrogen-bond donors (Lipinski definition) is 1. The van der Waals surface area contributed by atoms with Crippen molar-refractivity contribution in [1.82, 2.24) is 10.2 Å². The van der Waals surface area contributed by atoms with Crippen LogP contribution in [0.5, 0.6) is 0 Å². The first-order valence-electron chi connectivity index (χ1n) is 6.94. The Bertz CT molecular complexity index is 398. The number of likely N-dealkylation sites (tertiary alicyclic amines) is 1. The van der Waals surface area contributed by atoms with Gasteiger partial charge in [-0.2, -0.15) is 0 Å². The fourth-order valence-electron chi connectivity index (χ4n) is 3.21. The number of amides is 1. The predicted octanol–water partition coefficient (Wildman–Crippen LogP) is 2.49. The van der Waals surface area contributed by atoms with Crippen molar-refractivity contribution in [2.45, 2.75) is 44.2 Å². The van der Waals surface area contributed by atoms with Crippen LogP contribution in [0.25, 0.3) is 0 Å². The normalized spacial score (nSPS) is 28.6. The largest absolute Gasteiger partial charge is 0.333 e. The molecule has 0 saturated carbocycles. The van der Waals surface area contributed by atoms with Gasteiger partial charge >= 0.3 is 0 Å². The van der Waals surface area contributed by atoms with Crippen LogP contribution in [-0.2, 0) is 0 Å². The summed E-state index contributed by atoms with van der Waals surface area (Å²) < 4.78 is 0. The molecule has 2 fully saturated rings. The lowest BCUT2D eigenvalue weighted by atomic mass is 9.94. The standard InChI is InChI=1S/C14H20N2OS/c17-14(13-7-4-10-18-13)16-9-2-1-6-12(16)11-5-3-8-15-11/h4,7,10-12,15H,1-3,5-6,8-9H2. The lowest BCUT2D eigenvalue weighted by molar-refractivity contribution is 0.0568. The zero-order valence-corrected chi connectivity index (χ0v) is 11.4. The maximum atomic E-state index is 12.5. The number of rotatable bonds is 2. The van der Waals surface area contributed by atoms with Crippen LogP contribution in [0.1, 0.15) is 41.8 Å². The Balaban J connectivity index is 1.76. The van der Waals surface area contributed by atoms with Crippen molar-refractivity contribution in [3.8, 4) is 0 Å². The van der Waals surface area contributed by atoms with Gasteiger partial charge in [0.2, 0.25) is 0 Å². The molecule has 3 nitrogen and oxygen atoms in total. The van der Waals surface area contributed by atoms with Gasteiger partial charge in [0.25, 0.3) is 5.91 Å². The van der Waals surface area contributed by atoms with Crippen LogP contribution in [0.2, 0.25) is 0 Å². The summed E-state index contributed by atoms with van der Waals surface area (Å²) in [6, 6.07) is 4.84. The molecule has 0 radical (unpaired) electrons. The molecule has 1 amide bonds. The van der Waals surface area contributed by atoms with Gasteiger partial charge in [0.1, 0.15) is 0 Å². The Morgan fingerprint density at radius 1 is 1.33 bits per heavy atom. The van der Waals surface area contributed by atoms with Crippen LogP contribution in [0, 0.1) is 0 Å². The van der Waals surface area contributed by atoms with E-state index in [1.807, 2.05) is 17.5 Å². The topological polar surface area (TPSA) is 32.3 Å². The van der Waals surface area contributed by atoms with Crippen LogP contribution >= 0.6 is 11.3 Å². The number of carbonyl (C=O) groups excluding carboxylic acids is 1. The molecule has 3 heterocycles. The van der Waals surface area contributed by atoms with Crippen molar-refractivity contribution in [3.05, 3.63) is 22.4 Å². The molecule has 98 valence electrons. The van der Waals surface area contributed by atoms with Crippen molar-refractivity contribution in [2.24, 2.45) is 0 Å². The molecule has 1 aromatic heterocycles. The lowest BCUT2D eigenvalue weighted by Crippen LogP contribution is -2.52. The number of thiophene rings is 1. The summed E-state index contributed by atoms with van der Waals surface area (Å²) in [6.45, 7) is 2.04. The molecule has 0 spiro atoms.